The number of morpholine rings is 1. The first kappa shape index (κ1) is 68.8. The number of aliphatic hydroxyl groups is 1. The van der Waals surface area contributed by atoms with E-state index in [1.807, 2.05) is 189 Å². The van der Waals surface area contributed by atoms with Gasteiger partial charge >= 0.3 is 0 Å². The van der Waals surface area contributed by atoms with Gasteiger partial charge in [0.15, 0.2) is 0 Å². The molecule has 0 radical (unpaired) electrons. The summed E-state index contributed by atoms with van der Waals surface area (Å²) >= 11 is 1.95. The van der Waals surface area contributed by atoms with Gasteiger partial charge in [0.2, 0.25) is 0 Å². The minimum atomic E-state index is -2.61. The highest BCUT2D eigenvalue weighted by Crippen LogP contribution is 2.31. The minimum Gasteiger partial charge on any atom is -0.391 e. The highest BCUT2D eigenvalue weighted by atomic mass is 32.2. The molecule has 3 fully saturated rings. The smallest absolute Gasteiger partial charge is 0.274 e. The van der Waals surface area contributed by atoms with Crippen molar-refractivity contribution in [3.8, 4) is 0 Å². The number of thioether (sulfide) groups is 1. The lowest BCUT2D eigenvalue weighted by molar-refractivity contribution is -0.0221. The summed E-state index contributed by atoms with van der Waals surface area (Å²) in [4.78, 5) is 80.1. The molecule has 0 bridgehead atoms. The molecule has 0 spiro atoms. The summed E-state index contributed by atoms with van der Waals surface area (Å²) in [7, 11) is 12.9. The molecule has 10 N–H and O–H groups in total. The van der Waals surface area contributed by atoms with Crippen LogP contribution >= 0.6 is 11.8 Å². The second-order valence-electron chi connectivity index (χ2n) is 23.5. The fraction of sp³-hybridized carbons (Fsp3) is 0.357. The van der Waals surface area contributed by atoms with Crippen LogP contribution in [0.5, 0.6) is 0 Å². The fourth-order valence-corrected chi connectivity index (χ4v) is 12.5. The van der Waals surface area contributed by atoms with Gasteiger partial charge in [-0.2, -0.15) is 11.8 Å². The molecule has 0 amide bonds. The Balaban J connectivity index is 0.000000139. The van der Waals surface area contributed by atoms with E-state index in [4.69, 9.17) is 9.84 Å². The SMILES string of the molecule is CCN(C)c1cc2ccc(NC)cc2[nH]c1=O.CNc1ccc2cc(CO)c(=O)[nH]c2c1.CNc1ccc2cc(N3CCC(F)(F)CC3)c(=O)n(C)c2c1.CNc1ccc2cc(N3CCSCC3)c(=O)[nH]c2c1.CNc1ccc2cc(N3C[C@@H](C)O[C@@H](C)C3)c(=O)[nH]c2c1. The number of rotatable bonds is 11. The number of H-pyrrole nitrogens is 4. The third-order valence-corrected chi connectivity index (χ3v) is 18.0. The number of nitrogens with one attached hydrogen (secondary N) is 9. The van der Waals surface area contributed by atoms with Gasteiger partial charge in [-0.1, -0.05) is 30.3 Å². The first-order valence-electron chi connectivity index (χ1n) is 31.5. The molecule has 5 aromatic heterocycles. The summed E-state index contributed by atoms with van der Waals surface area (Å²) < 4.78 is 33.9. The molecular weight excluding hydrogens is 1220 g/mol. The summed E-state index contributed by atoms with van der Waals surface area (Å²) in [6.45, 7) is 10.5. The fourth-order valence-electron chi connectivity index (χ4n) is 11.6. The van der Waals surface area contributed by atoms with Crippen LogP contribution in [0.4, 0.5) is 60.0 Å². The molecule has 498 valence electrons. The number of aliphatic hydroxyl groups excluding tert-OH is 1. The maximum absolute atomic E-state index is 13.3. The summed E-state index contributed by atoms with van der Waals surface area (Å²) in [5.41, 5.74) is 11.7. The van der Waals surface area contributed by atoms with Crippen molar-refractivity contribution < 1.29 is 18.6 Å². The molecule has 3 aliphatic heterocycles. The van der Waals surface area contributed by atoms with Crippen LogP contribution in [0.3, 0.4) is 0 Å². The Hall–Kier alpha value is -9.52. The van der Waals surface area contributed by atoms with E-state index in [1.54, 1.807) is 28.6 Å². The molecule has 10 aromatic rings. The summed E-state index contributed by atoms with van der Waals surface area (Å²) in [6.07, 6.45) is -0.134. The van der Waals surface area contributed by atoms with Gasteiger partial charge in [0.1, 0.15) is 22.7 Å². The van der Waals surface area contributed by atoms with Gasteiger partial charge < -0.3 is 80.5 Å². The zero-order chi connectivity index (χ0) is 67.4. The number of piperidine rings is 1. The lowest BCUT2D eigenvalue weighted by Gasteiger charge is -2.36. The molecule has 13 rings (SSSR count). The van der Waals surface area contributed by atoms with Crippen molar-refractivity contribution in [1.29, 1.82) is 0 Å². The van der Waals surface area contributed by atoms with E-state index in [0.717, 1.165) is 139 Å². The van der Waals surface area contributed by atoms with Gasteiger partial charge in [0.05, 0.1) is 46.4 Å². The van der Waals surface area contributed by atoms with E-state index in [-0.39, 0.29) is 72.5 Å². The van der Waals surface area contributed by atoms with Crippen molar-refractivity contribution >= 4 is 117 Å². The minimum absolute atomic E-state index is 0.00709. The molecular formula is C70H86F2N14O7S. The third kappa shape index (κ3) is 16.6. The van der Waals surface area contributed by atoms with Crippen LogP contribution in [0, 0.1) is 0 Å². The molecule has 0 saturated carbocycles. The molecule has 8 heterocycles. The number of pyridine rings is 5. The Morgan fingerprint density at radius 3 is 1.38 bits per heavy atom. The summed E-state index contributed by atoms with van der Waals surface area (Å²) in [5, 5.41) is 29.2. The highest BCUT2D eigenvalue weighted by Gasteiger charge is 2.35. The second-order valence-corrected chi connectivity index (χ2v) is 24.7. The van der Waals surface area contributed by atoms with E-state index in [0.29, 0.717) is 16.9 Å². The van der Waals surface area contributed by atoms with Crippen LogP contribution in [0.15, 0.2) is 145 Å². The molecule has 5 aromatic carbocycles. The van der Waals surface area contributed by atoms with E-state index >= 15 is 0 Å². The maximum Gasteiger partial charge on any atom is 0.274 e. The summed E-state index contributed by atoms with van der Waals surface area (Å²) in [6, 6.07) is 38.8. The van der Waals surface area contributed by atoms with Crippen molar-refractivity contribution in [2.24, 2.45) is 7.05 Å². The number of aryl methyl sites for hydroxylation is 1. The van der Waals surface area contributed by atoms with E-state index in [9.17, 15) is 32.8 Å². The van der Waals surface area contributed by atoms with E-state index in [2.05, 4.69) is 56.3 Å². The predicted octanol–water partition coefficient (Wildman–Crippen LogP) is 10.2. The molecule has 94 heavy (non-hydrogen) atoms. The van der Waals surface area contributed by atoms with Crippen molar-refractivity contribution in [2.75, 3.05) is 146 Å². The molecule has 2 atom stereocenters. The highest BCUT2D eigenvalue weighted by molar-refractivity contribution is 7.99. The summed E-state index contributed by atoms with van der Waals surface area (Å²) in [5.74, 6) is -0.424. The Labute approximate surface area is 547 Å². The average molecular weight is 1310 g/mol. The number of halogens is 2. The van der Waals surface area contributed by atoms with Crippen LogP contribution in [-0.4, -0.2) is 147 Å². The molecule has 0 unspecified atom stereocenters. The van der Waals surface area contributed by atoms with Crippen LogP contribution in [0.1, 0.15) is 39.2 Å². The number of alkyl halides is 2. The second kappa shape index (κ2) is 30.9. The monoisotopic (exact) mass is 1300 g/mol. The molecule has 0 aliphatic carbocycles. The Morgan fingerprint density at radius 2 is 0.926 bits per heavy atom. The van der Waals surface area contributed by atoms with Crippen LogP contribution < -0.4 is 74.0 Å². The van der Waals surface area contributed by atoms with Gasteiger partial charge in [0.25, 0.3) is 33.7 Å². The van der Waals surface area contributed by atoms with Crippen LogP contribution in [0.2, 0.25) is 0 Å². The van der Waals surface area contributed by atoms with E-state index in [1.165, 1.54) is 0 Å². The number of nitrogens with zero attached hydrogens (tertiary/aromatic N) is 5. The standard InChI is InChI=1S/C16H19F2N3O.C16H21N3O2.C14H17N3OS.C13H17N3O.C11H12N2O2/c1-19-12-4-3-11-9-14(15(22)20(2)13(11)10-12)21-7-5-16(17,18)6-8-21;1-10-8-19(9-11(2)21-10)15-6-12-4-5-13(17-3)7-14(12)18-16(15)20;1-15-11-3-2-10-8-13(14(18)16-12(10)9-11)17-4-6-19-7-5-17;1-4-16(3)12-7-9-5-6-10(14-2)8-11(9)15-13(12)17;1-12-9-3-2-7-4-8(6-14)11(15)13-10(7)5-9/h3-4,9-10,19H,5-8H2,1-2H3;4-7,10-11,17H,8-9H2,1-3H3,(H,18,20);2-3,8-9,15H,4-7H2,1H3,(H,16,18);5-8,14H,4H2,1-3H3,(H,15,17);2-5,12,14H,6H2,1H3,(H,13,15)/t;10-,11+;;;. The number of aromatic amines is 4. The normalized spacial score (nSPS) is 15.9. The number of anilines is 9. The average Bonchev–Trinajstić information content (AvgIpc) is 0.804. The molecule has 24 heteroatoms. The number of ether oxygens (including phenoxy) is 1. The van der Waals surface area contributed by atoms with E-state index < -0.39 is 5.92 Å². The lowest BCUT2D eigenvalue weighted by Crippen LogP contribution is -2.47. The maximum atomic E-state index is 13.3. The Kier molecular flexibility index (Phi) is 22.7. The van der Waals surface area contributed by atoms with Crippen molar-refractivity contribution in [3.63, 3.8) is 0 Å². The van der Waals surface area contributed by atoms with Gasteiger partial charge in [-0.25, -0.2) is 8.78 Å². The van der Waals surface area contributed by atoms with Crippen LogP contribution in [0.25, 0.3) is 54.5 Å². The molecule has 3 aliphatic rings. The zero-order valence-electron chi connectivity index (χ0n) is 55.0. The van der Waals surface area contributed by atoms with Crippen molar-refractivity contribution in [2.45, 2.75) is 58.4 Å². The number of benzene rings is 5. The first-order chi connectivity index (χ1) is 45.1. The Morgan fingerprint density at radius 1 is 0.532 bits per heavy atom. The largest absolute Gasteiger partial charge is 0.391 e. The Bertz CT molecular complexity index is 4590. The van der Waals surface area contributed by atoms with Crippen LogP contribution in [-0.2, 0) is 18.4 Å². The van der Waals surface area contributed by atoms with Crippen molar-refractivity contribution in [1.82, 2.24) is 24.5 Å². The van der Waals surface area contributed by atoms with Crippen molar-refractivity contribution in [3.05, 3.63) is 179 Å². The third-order valence-electron chi connectivity index (χ3n) is 17.1. The van der Waals surface area contributed by atoms with Gasteiger partial charge in [-0.05, 0) is 117 Å². The number of fused-ring (bicyclic) bond motifs is 5. The quantitative estimate of drug-likeness (QED) is 0.0578. The topological polar surface area (TPSA) is 256 Å². The lowest BCUT2D eigenvalue weighted by atomic mass is 10.1. The van der Waals surface area contributed by atoms with Gasteiger partial charge in [0, 0.05) is 175 Å². The number of aromatic nitrogens is 5. The van der Waals surface area contributed by atoms with Gasteiger partial charge in [-0.15, -0.1) is 0 Å². The number of hydrogen-bond donors (Lipinski definition) is 10. The molecule has 3 saturated heterocycles. The molecule has 21 nitrogen and oxygen atoms in total. The number of hydrogen-bond acceptors (Lipinski definition) is 17. The van der Waals surface area contributed by atoms with Gasteiger partial charge in [-0.3, -0.25) is 24.0 Å². The predicted molar refractivity (Wildman–Crippen MR) is 388 cm³/mol. The zero-order valence-corrected chi connectivity index (χ0v) is 55.8. The first-order valence-corrected chi connectivity index (χ1v) is 32.7.